The fraction of sp³-hybridized carbons (Fsp3) is 0.455. The summed E-state index contributed by atoms with van der Waals surface area (Å²) < 4.78 is 20.2. The van der Waals surface area contributed by atoms with Gasteiger partial charge in [-0.2, -0.15) is 0 Å². The number of ether oxygens (including phenoxy) is 1. The van der Waals surface area contributed by atoms with Gasteiger partial charge in [0, 0.05) is 19.6 Å². The molecule has 0 bridgehead atoms. The van der Waals surface area contributed by atoms with Crippen LogP contribution >= 0.6 is 7.82 Å². The summed E-state index contributed by atoms with van der Waals surface area (Å²) in [5, 5.41) is 0. The summed E-state index contributed by atoms with van der Waals surface area (Å²) >= 11 is 0. The van der Waals surface area contributed by atoms with E-state index >= 15 is 0 Å². The van der Waals surface area contributed by atoms with Gasteiger partial charge in [0.1, 0.15) is 0 Å². The van der Waals surface area contributed by atoms with Crippen molar-refractivity contribution < 1.29 is 23.6 Å². The van der Waals surface area contributed by atoms with Crippen LogP contribution < -0.4 is 0 Å². The molecule has 0 aromatic heterocycles. The van der Waals surface area contributed by atoms with Crippen LogP contribution in [0, 0.1) is 0 Å². The molecule has 0 radical (unpaired) electrons. The Bertz CT molecular complexity index is 361. The molecule has 0 saturated carbocycles. The monoisotopic (exact) mass is 260 g/mol. The summed E-state index contributed by atoms with van der Waals surface area (Å²) in [5.74, 6) is -0.0798. The van der Waals surface area contributed by atoms with Gasteiger partial charge in [-0.3, -0.25) is 4.52 Å². The molecule has 0 heterocycles. The third-order valence-electron chi connectivity index (χ3n) is 2.39. The van der Waals surface area contributed by atoms with Gasteiger partial charge in [0.2, 0.25) is 0 Å². The summed E-state index contributed by atoms with van der Waals surface area (Å²) in [7, 11) is -2.82. The van der Waals surface area contributed by atoms with Gasteiger partial charge in [-0.1, -0.05) is 30.3 Å². The topological polar surface area (TPSA) is 76.0 Å². The number of hydrogen-bond acceptors (Lipinski definition) is 3. The lowest BCUT2D eigenvalue weighted by Gasteiger charge is -2.17. The summed E-state index contributed by atoms with van der Waals surface area (Å²) in [6.45, 7) is 0.502. The smallest absolute Gasteiger partial charge is 0.385 e. The zero-order valence-electron chi connectivity index (χ0n) is 9.65. The fourth-order valence-electron chi connectivity index (χ4n) is 1.52. The highest BCUT2D eigenvalue weighted by molar-refractivity contribution is 7.46. The van der Waals surface area contributed by atoms with Crippen LogP contribution in [0.2, 0.25) is 0 Å². The third-order valence-corrected chi connectivity index (χ3v) is 2.87. The average molecular weight is 260 g/mol. The Labute approximate surface area is 101 Å². The Balaban J connectivity index is 2.64. The van der Waals surface area contributed by atoms with Gasteiger partial charge in [-0.05, 0) is 12.0 Å². The lowest BCUT2D eigenvalue weighted by Crippen LogP contribution is -2.09. The van der Waals surface area contributed by atoms with Crippen LogP contribution in [-0.2, 0) is 13.8 Å². The number of phosphoric acid groups is 1. The summed E-state index contributed by atoms with van der Waals surface area (Å²) in [5.41, 5.74) is 0.984. The average Bonchev–Trinajstić information content (AvgIpc) is 2.29. The molecule has 5 nitrogen and oxygen atoms in total. The van der Waals surface area contributed by atoms with E-state index in [9.17, 15) is 4.57 Å². The van der Waals surface area contributed by atoms with Crippen molar-refractivity contribution in [3.05, 3.63) is 35.9 Å². The number of benzene rings is 1. The van der Waals surface area contributed by atoms with Crippen molar-refractivity contribution in [3.8, 4) is 0 Å². The van der Waals surface area contributed by atoms with Crippen molar-refractivity contribution in [3.63, 3.8) is 0 Å². The highest BCUT2D eigenvalue weighted by atomic mass is 31.2. The molecule has 6 heteroatoms. The first-order valence-electron chi connectivity index (χ1n) is 5.27. The first-order valence-corrected chi connectivity index (χ1v) is 6.80. The molecular formula is C11H17O5P. The normalized spacial score (nSPS) is 13.6. The van der Waals surface area contributed by atoms with E-state index in [0.29, 0.717) is 13.0 Å². The lowest BCUT2D eigenvalue weighted by molar-refractivity contribution is 0.154. The molecule has 1 unspecified atom stereocenters. The molecule has 17 heavy (non-hydrogen) atoms. The summed E-state index contributed by atoms with van der Waals surface area (Å²) in [6.07, 6.45) is 0.653. The first kappa shape index (κ1) is 14.4. The van der Waals surface area contributed by atoms with Crippen molar-refractivity contribution in [2.75, 3.05) is 20.3 Å². The Morgan fingerprint density at radius 2 is 1.94 bits per heavy atom. The standard InChI is InChI=1S/C11H17O5P/c1-15-8-7-11(9-16-17(12,13)14)10-5-3-2-4-6-10/h2-6,11H,7-9H2,1H3,(H2,12,13,14). The first-order chi connectivity index (χ1) is 8.03. The van der Waals surface area contributed by atoms with E-state index in [4.69, 9.17) is 14.5 Å². The SMILES string of the molecule is COCCC(COP(=O)(O)O)c1ccccc1. The van der Waals surface area contributed by atoms with Crippen LogP contribution in [0.25, 0.3) is 0 Å². The van der Waals surface area contributed by atoms with E-state index in [2.05, 4.69) is 4.52 Å². The lowest BCUT2D eigenvalue weighted by atomic mass is 9.97. The highest BCUT2D eigenvalue weighted by Crippen LogP contribution is 2.37. The highest BCUT2D eigenvalue weighted by Gasteiger charge is 2.19. The predicted molar refractivity (Wildman–Crippen MR) is 63.7 cm³/mol. The molecular weight excluding hydrogens is 243 g/mol. The van der Waals surface area contributed by atoms with Gasteiger partial charge in [-0.25, -0.2) is 4.57 Å². The Morgan fingerprint density at radius 1 is 1.29 bits per heavy atom. The Hall–Kier alpha value is -0.710. The van der Waals surface area contributed by atoms with E-state index in [1.165, 1.54) is 0 Å². The summed E-state index contributed by atoms with van der Waals surface area (Å²) in [6, 6.07) is 9.46. The molecule has 0 aliphatic rings. The van der Waals surface area contributed by atoms with Gasteiger partial charge in [-0.15, -0.1) is 0 Å². The van der Waals surface area contributed by atoms with Crippen molar-refractivity contribution in [2.24, 2.45) is 0 Å². The minimum absolute atomic E-state index is 0.0162. The van der Waals surface area contributed by atoms with Gasteiger partial charge in [0.25, 0.3) is 0 Å². The van der Waals surface area contributed by atoms with Crippen LogP contribution in [0.1, 0.15) is 17.9 Å². The van der Waals surface area contributed by atoms with Crippen molar-refractivity contribution in [1.29, 1.82) is 0 Å². The largest absolute Gasteiger partial charge is 0.469 e. The van der Waals surface area contributed by atoms with Crippen LogP contribution in [0.3, 0.4) is 0 Å². The van der Waals surface area contributed by atoms with Gasteiger partial charge < -0.3 is 14.5 Å². The molecule has 2 N–H and O–H groups in total. The van der Waals surface area contributed by atoms with E-state index in [1.807, 2.05) is 30.3 Å². The van der Waals surface area contributed by atoms with Crippen LogP contribution in [0.4, 0.5) is 0 Å². The van der Waals surface area contributed by atoms with Crippen molar-refractivity contribution >= 4 is 7.82 Å². The second-order valence-electron chi connectivity index (χ2n) is 3.68. The molecule has 0 spiro atoms. The molecule has 1 aromatic carbocycles. The molecule has 0 fully saturated rings. The maximum Gasteiger partial charge on any atom is 0.469 e. The molecule has 1 atom stereocenters. The minimum atomic E-state index is -4.41. The van der Waals surface area contributed by atoms with Crippen LogP contribution in [0.15, 0.2) is 30.3 Å². The molecule has 96 valence electrons. The number of methoxy groups -OCH3 is 1. The quantitative estimate of drug-likeness (QED) is 0.732. The predicted octanol–water partition coefficient (Wildman–Crippen LogP) is 1.92. The second kappa shape index (κ2) is 6.89. The van der Waals surface area contributed by atoms with Crippen molar-refractivity contribution in [2.45, 2.75) is 12.3 Å². The number of hydrogen-bond donors (Lipinski definition) is 2. The van der Waals surface area contributed by atoms with E-state index in [1.54, 1.807) is 7.11 Å². The fourth-order valence-corrected chi connectivity index (χ4v) is 1.89. The van der Waals surface area contributed by atoms with Gasteiger partial charge >= 0.3 is 7.82 Å². The molecule has 1 rings (SSSR count). The van der Waals surface area contributed by atoms with Gasteiger partial charge in [0.15, 0.2) is 0 Å². The molecule has 0 amide bonds. The maximum absolute atomic E-state index is 10.7. The van der Waals surface area contributed by atoms with Crippen LogP contribution in [-0.4, -0.2) is 30.1 Å². The minimum Gasteiger partial charge on any atom is -0.385 e. The summed E-state index contributed by atoms with van der Waals surface area (Å²) in [4.78, 5) is 17.4. The third kappa shape index (κ3) is 5.96. The maximum atomic E-state index is 10.7. The number of phosphoric ester groups is 1. The van der Waals surface area contributed by atoms with Crippen LogP contribution in [0.5, 0.6) is 0 Å². The van der Waals surface area contributed by atoms with E-state index in [0.717, 1.165) is 5.56 Å². The van der Waals surface area contributed by atoms with E-state index in [-0.39, 0.29) is 12.5 Å². The zero-order chi connectivity index (χ0) is 12.7. The van der Waals surface area contributed by atoms with E-state index < -0.39 is 7.82 Å². The second-order valence-corrected chi connectivity index (χ2v) is 4.91. The molecule has 0 aliphatic heterocycles. The molecule has 1 aromatic rings. The van der Waals surface area contributed by atoms with Gasteiger partial charge in [0.05, 0.1) is 6.61 Å². The molecule has 0 aliphatic carbocycles. The number of rotatable bonds is 7. The Kier molecular flexibility index (Phi) is 5.82. The molecule has 0 saturated heterocycles. The van der Waals surface area contributed by atoms with Crippen molar-refractivity contribution in [1.82, 2.24) is 0 Å². The zero-order valence-corrected chi connectivity index (χ0v) is 10.5. The Morgan fingerprint density at radius 3 is 2.47 bits per heavy atom.